The molecule has 0 radical (unpaired) electrons. The molecule has 0 aromatic heterocycles. The predicted molar refractivity (Wildman–Crippen MR) is 79.0 cm³/mol. The summed E-state index contributed by atoms with van der Waals surface area (Å²) in [6, 6.07) is 0. The lowest BCUT2D eigenvalue weighted by Gasteiger charge is -2.03. The number of unbranched alkanes of at least 4 members (excludes halogenated alkanes) is 6. The van der Waals surface area contributed by atoms with E-state index in [2.05, 4.69) is 25.7 Å². The largest absolute Gasteiger partial charge is 0.478 e. The van der Waals surface area contributed by atoms with Gasteiger partial charge >= 0.3 is 5.97 Å². The van der Waals surface area contributed by atoms with Crippen LogP contribution in [-0.4, -0.2) is 24.2 Å². The van der Waals surface area contributed by atoms with E-state index < -0.39 is 5.97 Å². The van der Waals surface area contributed by atoms with Crippen molar-refractivity contribution in [1.29, 1.82) is 0 Å². The Morgan fingerprint density at radius 2 is 1.39 bits per heavy atom. The molecule has 0 aliphatic rings. The zero-order valence-corrected chi connectivity index (χ0v) is 12.2. The number of carboxylic acid groups (broad SMARTS) is 1. The van der Waals surface area contributed by atoms with E-state index in [1.54, 1.807) is 0 Å². The highest BCUT2D eigenvalue weighted by atomic mass is 16.4. The van der Waals surface area contributed by atoms with Gasteiger partial charge in [0.2, 0.25) is 0 Å². The molecule has 0 saturated carbocycles. The van der Waals surface area contributed by atoms with Gasteiger partial charge in [0.15, 0.2) is 0 Å². The van der Waals surface area contributed by atoms with Crippen molar-refractivity contribution in [3.05, 3.63) is 12.7 Å². The molecule has 0 atom stereocenters. The number of aliphatic carboxylic acids is 1. The van der Waals surface area contributed by atoms with Crippen LogP contribution in [0.1, 0.15) is 65.2 Å². The Labute approximate surface area is 113 Å². The number of nitrogens with one attached hydrogen (secondary N) is 1. The third kappa shape index (κ3) is 24.4. The topological polar surface area (TPSA) is 49.3 Å². The molecule has 0 aliphatic carbocycles. The molecular weight excluding hydrogens is 226 g/mol. The summed E-state index contributed by atoms with van der Waals surface area (Å²) in [5, 5.41) is 11.1. The Morgan fingerprint density at radius 1 is 1.00 bits per heavy atom. The van der Waals surface area contributed by atoms with E-state index in [9.17, 15) is 4.79 Å². The first-order valence-electron chi connectivity index (χ1n) is 7.25. The molecule has 0 aromatic rings. The van der Waals surface area contributed by atoms with Gasteiger partial charge < -0.3 is 10.4 Å². The highest BCUT2D eigenvalue weighted by molar-refractivity contribution is 5.78. The van der Waals surface area contributed by atoms with Gasteiger partial charge in [-0.3, -0.25) is 0 Å². The number of hydrogen-bond acceptors (Lipinski definition) is 2. The van der Waals surface area contributed by atoms with Gasteiger partial charge in [-0.05, 0) is 25.9 Å². The zero-order chi connectivity index (χ0) is 14.1. The van der Waals surface area contributed by atoms with Crippen molar-refractivity contribution in [3.63, 3.8) is 0 Å². The minimum atomic E-state index is -0.981. The molecule has 18 heavy (non-hydrogen) atoms. The van der Waals surface area contributed by atoms with E-state index in [4.69, 9.17) is 5.11 Å². The fraction of sp³-hybridized carbons (Fsp3) is 0.800. The van der Waals surface area contributed by atoms with Crippen LogP contribution in [0.5, 0.6) is 0 Å². The van der Waals surface area contributed by atoms with E-state index in [0.29, 0.717) is 0 Å². The first kappa shape index (κ1) is 19.5. The first-order chi connectivity index (χ1) is 8.68. The van der Waals surface area contributed by atoms with Crippen molar-refractivity contribution >= 4 is 5.97 Å². The number of carboxylic acids is 1. The Morgan fingerprint density at radius 3 is 1.67 bits per heavy atom. The lowest BCUT2D eigenvalue weighted by atomic mass is 10.2. The molecule has 0 heterocycles. The molecule has 0 saturated heterocycles. The fourth-order valence-electron chi connectivity index (χ4n) is 1.48. The monoisotopic (exact) mass is 257 g/mol. The molecule has 0 aliphatic heterocycles. The van der Waals surface area contributed by atoms with Crippen molar-refractivity contribution in [2.24, 2.45) is 0 Å². The highest BCUT2D eigenvalue weighted by Gasteiger charge is 1.89. The van der Waals surface area contributed by atoms with Gasteiger partial charge in [0.1, 0.15) is 0 Å². The average molecular weight is 257 g/mol. The van der Waals surface area contributed by atoms with Crippen LogP contribution in [0.2, 0.25) is 0 Å². The van der Waals surface area contributed by atoms with E-state index in [1.807, 2.05) is 0 Å². The molecule has 0 spiro atoms. The summed E-state index contributed by atoms with van der Waals surface area (Å²) < 4.78 is 0. The van der Waals surface area contributed by atoms with E-state index >= 15 is 0 Å². The van der Waals surface area contributed by atoms with Gasteiger partial charge in [-0.15, -0.1) is 0 Å². The average Bonchev–Trinajstić information content (AvgIpc) is 2.37. The van der Waals surface area contributed by atoms with E-state index in [-0.39, 0.29) is 0 Å². The molecular formula is C15H31NO2. The summed E-state index contributed by atoms with van der Waals surface area (Å²) in [5.74, 6) is -0.981. The second-order valence-corrected chi connectivity index (χ2v) is 4.41. The quantitative estimate of drug-likeness (QED) is 0.434. The maximum absolute atomic E-state index is 9.25. The molecule has 3 nitrogen and oxygen atoms in total. The van der Waals surface area contributed by atoms with Crippen LogP contribution in [-0.2, 0) is 4.79 Å². The van der Waals surface area contributed by atoms with Crippen molar-refractivity contribution in [3.8, 4) is 0 Å². The van der Waals surface area contributed by atoms with Crippen molar-refractivity contribution in [2.45, 2.75) is 65.2 Å². The third-order valence-corrected chi connectivity index (χ3v) is 2.59. The lowest BCUT2D eigenvalue weighted by Crippen LogP contribution is -2.16. The second kappa shape index (κ2) is 18.5. The summed E-state index contributed by atoms with van der Waals surface area (Å²) in [6.07, 6.45) is 11.8. The summed E-state index contributed by atoms with van der Waals surface area (Å²) in [4.78, 5) is 9.25. The van der Waals surface area contributed by atoms with Crippen LogP contribution in [0.15, 0.2) is 12.7 Å². The molecule has 0 rings (SSSR count). The van der Waals surface area contributed by atoms with Crippen molar-refractivity contribution in [2.75, 3.05) is 13.1 Å². The zero-order valence-electron chi connectivity index (χ0n) is 12.2. The smallest absolute Gasteiger partial charge is 0.327 e. The Balaban J connectivity index is 0. The molecule has 0 fully saturated rings. The maximum Gasteiger partial charge on any atom is 0.327 e. The molecule has 2 N–H and O–H groups in total. The Bertz CT molecular complexity index is 171. The van der Waals surface area contributed by atoms with Gasteiger partial charge in [0, 0.05) is 6.08 Å². The van der Waals surface area contributed by atoms with Gasteiger partial charge in [-0.1, -0.05) is 59.0 Å². The van der Waals surface area contributed by atoms with Gasteiger partial charge in [-0.2, -0.15) is 0 Å². The summed E-state index contributed by atoms with van der Waals surface area (Å²) in [5.41, 5.74) is 0. The van der Waals surface area contributed by atoms with Crippen molar-refractivity contribution in [1.82, 2.24) is 5.32 Å². The predicted octanol–water partition coefficient (Wildman–Crippen LogP) is 3.99. The Kier molecular flexibility index (Phi) is 20.1. The van der Waals surface area contributed by atoms with Crippen molar-refractivity contribution < 1.29 is 9.90 Å². The summed E-state index contributed by atoms with van der Waals surface area (Å²) in [7, 11) is 0. The second-order valence-electron chi connectivity index (χ2n) is 4.41. The highest BCUT2D eigenvalue weighted by Crippen LogP contribution is 1.98. The normalized spacial score (nSPS) is 9.44. The molecule has 0 unspecified atom stereocenters. The number of rotatable bonds is 11. The maximum atomic E-state index is 9.25. The summed E-state index contributed by atoms with van der Waals surface area (Å²) in [6.45, 7) is 9.94. The standard InChI is InChI=1S/C12H27N.C3H4O2/c1-3-5-7-9-11-13-12-10-8-6-4-2;1-2-3(4)5/h13H,3-12H2,1-2H3;2H,1H2,(H,4,5). The summed E-state index contributed by atoms with van der Waals surface area (Å²) >= 11 is 0. The van der Waals surface area contributed by atoms with E-state index in [0.717, 1.165) is 6.08 Å². The van der Waals surface area contributed by atoms with Crippen LogP contribution in [0.25, 0.3) is 0 Å². The first-order valence-corrected chi connectivity index (χ1v) is 7.25. The van der Waals surface area contributed by atoms with E-state index in [1.165, 1.54) is 64.5 Å². The molecule has 0 amide bonds. The molecule has 3 heteroatoms. The minimum Gasteiger partial charge on any atom is -0.478 e. The Hall–Kier alpha value is -0.830. The van der Waals surface area contributed by atoms with Gasteiger partial charge in [0.05, 0.1) is 0 Å². The molecule has 0 aromatic carbocycles. The fourth-order valence-corrected chi connectivity index (χ4v) is 1.48. The molecule has 108 valence electrons. The molecule has 0 bridgehead atoms. The number of carbonyl (C=O) groups is 1. The van der Waals surface area contributed by atoms with Gasteiger partial charge in [0.25, 0.3) is 0 Å². The van der Waals surface area contributed by atoms with Crippen LogP contribution >= 0.6 is 0 Å². The van der Waals surface area contributed by atoms with Crippen LogP contribution in [0.3, 0.4) is 0 Å². The minimum absolute atomic E-state index is 0.833. The van der Waals surface area contributed by atoms with Crippen LogP contribution < -0.4 is 5.32 Å². The van der Waals surface area contributed by atoms with Gasteiger partial charge in [-0.25, -0.2) is 4.79 Å². The van der Waals surface area contributed by atoms with Crippen LogP contribution in [0.4, 0.5) is 0 Å². The lowest BCUT2D eigenvalue weighted by molar-refractivity contribution is -0.131. The van der Waals surface area contributed by atoms with Crippen LogP contribution in [0, 0.1) is 0 Å². The SMILES string of the molecule is C=CC(=O)O.CCCCCCNCCCCCC. The number of hydrogen-bond donors (Lipinski definition) is 2. The third-order valence-electron chi connectivity index (χ3n) is 2.59.